The van der Waals surface area contributed by atoms with Crippen LogP contribution in [0.25, 0.3) is 0 Å². The number of hydrogen-bond donors (Lipinski definition) is 1. The van der Waals surface area contributed by atoms with E-state index < -0.39 is 5.41 Å². The van der Waals surface area contributed by atoms with Gasteiger partial charge in [-0.25, -0.2) is 4.79 Å². The average Bonchev–Trinajstić information content (AvgIpc) is 2.77. The van der Waals surface area contributed by atoms with Crippen LogP contribution in [0.1, 0.15) is 40.0 Å². The third-order valence-corrected chi connectivity index (χ3v) is 4.06. The van der Waals surface area contributed by atoms with Crippen molar-refractivity contribution in [1.82, 2.24) is 10.4 Å². The van der Waals surface area contributed by atoms with Gasteiger partial charge in [-0.05, 0) is 65.0 Å². The molecule has 0 bridgehead atoms. The Bertz CT molecular complexity index is 293. The van der Waals surface area contributed by atoms with Crippen molar-refractivity contribution in [2.45, 2.75) is 40.0 Å². The summed E-state index contributed by atoms with van der Waals surface area (Å²) in [6.45, 7) is 9.80. The lowest BCUT2D eigenvalue weighted by Gasteiger charge is -2.28. The summed E-state index contributed by atoms with van der Waals surface area (Å²) in [7, 11) is 0. The molecular weight excluding hydrogens is 228 g/mol. The number of rotatable bonds is 2. The molecule has 0 radical (unpaired) electrons. The van der Waals surface area contributed by atoms with Crippen molar-refractivity contribution >= 4 is 5.97 Å². The average molecular weight is 254 g/mol. The Morgan fingerprint density at radius 2 is 1.83 bits per heavy atom. The predicted octanol–water partition coefficient (Wildman–Crippen LogP) is 1.81. The van der Waals surface area contributed by atoms with Gasteiger partial charge in [0.2, 0.25) is 0 Å². The van der Waals surface area contributed by atoms with Gasteiger partial charge in [-0.2, -0.15) is 0 Å². The molecule has 0 aromatic carbocycles. The lowest BCUT2D eigenvalue weighted by Crippen LogP contribution is -2.35. The zero-order chi connectivity index (χ0) is 13.2. The highest BCUT2D eigenvalue weighted by molar-refractivity contribution is 5.75. The van der Waals surface area contributed by atoms with Crippen LogP contribution in [0.3, 0.4) is 0 Å². The fourth-order valence-corrected chi connectivity index (χ4v) is 2.79. The number of nitrogens with one attached hydrogen (secondary N) is 1. The molecule has 2 heterocycles. The highest BCUT2D eigenvalue weighted by atomic mass is 16.7. The van der Waals surface area contributed by atoms with Crippen LogP contribution < -0.4 is 5.32 Å². The fourth-order valence-electron chi connectivity index (χ4n) is 2.79. The molecule has 0 saturated carbocycles. The molecule has 18 heavy (non-hydrogen) atoms. The van der Waals surface area contributed by atoms with E-state index in [1.165, 1.54) is 19.3 Å². The molecule has 1 unspecified atom stereocenters. The van der Waals surface area contributed by atoms with Crippen molar-refractivity contribution < 1.29 is 9.63 Å². The minimum Gasteiger partial charge on any atom is -0.367 e. The molecule has 1 atom stereocenters. The SMILES string of the molecule is CC(C)(C)C(=O)ON1CCC(C2CCNCC2)C1. The van der Waals surface area contributed by atoms with Crippen molar-refractivity contribution in [2.75, 3.05) is 26.2 Å². The smallest absolute Gasteiger partial charge is 0.330 e. The zero-order valence-corrected chi connectivity index (χ0v) is 11.9. The van der Waals surface area contributed by atoms with Gasteiger partial charge >= 0.3 is 5.97 Å². The zero-order valence-electron chi connectivity index (χ0n) is 11.9. The third kappa shape index (κ3) is 3.45. The summed E-state index contributed by atoms with van der Waals surface area (Å²) in [6.07, 6.45) is 3.71. The van der Waals surface area contributed by atoms with Crippen LogP contribution in [0.5, 0.6) is 0 Å². The second-order valence-electron chi connectivity index (χ2n) is 6.65. The van der Waals surface area contributed by atoms with Gasteiger partial charge in [-0.3, -0.25) is 0 Å². The van der Waals surface area contributed by atoms with Crippen molar-refractivity contribution in [1.29, 1.82) is 0 Å². The van der Waals surface area contributed by atoms with Gasteiger partial charge in [0.05, 0.1) is 5.41 Å². The number of carbonyl (C=O) groups is 1. The molecule has 0 amide bonds. The monoisotopic (exact) mass is 254 g/mol. The summed E-state index contributed by atoms with van der Waals surface area (Å²) >= 11 is 0. The lowest BCUT2D eigenvalue weighted by molar-refractivity contribution is -0.196. The standard InChI is InChI=1S/C14H26N2O2/c1-14(2,3)13(17)18-16-9-6-12(10-16)11-4-7-15-8-5-11/h11-12,15H,4-10H2,1-3H3. The number of nitrogens with zero attached hydrogens (tertiary/aromatic N) is 1. The van der Waals surface area contributed by atoms with E-state index >= 15 is 0 Å². The summed E-state index contributed by atoms with van der Waals surface area (Å²) < 4.78 is 0. The first-order valence-electron chi connectivity index (χ1n) is 7.15. The van der Waals surface area contributed by atoms with Crippen LogP contribution in [0.2, 0.25) is 0 Å². The molecule has 2 saturated heterocycles. The lowest BCUT2D eigenvalue weighted by atomic mass is 9.84. The number of piperidine rings is 1. The van der Waals surface area contributed by atoms with E-state index in [1.807, 2.05) is 25.8 Å². The Hall–Kier alpha value is -0.610. The van der Waals surface area contributed by atoms with Gasteiger partial charge in [-0.1, -0.05) is 0 Å². The maximum atomic E-state index is 11.8. The predicted molar refractivity (Wildman–Crippen MR) is 70.8 cm³/mol. The second-order valence-corrected chi connectivity index (χ2v) is 6.65. The van der Waals surface area contributed by atoms with Gasteiger partial charge in [0.15, 0.2) is 0 Å². The van der Waals surface area contributed by atoms with Crippen LogP contribution in [0.4, 0.5) is 0 Å². The van der Waals surface area contributed by atoms with E-state index in [1.54, 1.807) is 0 Å². The van der Waals surface area contributed by atoms with Crippen molar-refractivity contribution in [2.24, 2.45) is 17.3 Å². The first kappa shape index (κ1) is 13.8. The first-order chi connectivity index (χ1) is 8.47. The summed E-state index contributed by atoms with van der Waals surface area (Å²) in [5.41, 5.74) is -0.410. The van der Waals surface area contributed by atoms with Crippen molar-refractivity contribution in [3.05, 3.63) is 0 Å². The highest BCUT2D eigenvalue weighted by Gasteiger charge is 2.34. The van der Waals surface area contributed by atoms with E-state index in [-0.39, 0.29) is 5.97 Å². The van der Waals surface area contributed by atoms with E-state index in [9.17, 15) is 4.79 Å². The van der Waals surface area contributed by atoms with Crippen LogP contribution in [0.15, 0.2) is 0 Å². The Morgan fingerprint density at radius 3 is 2.44 bits per heavy atom. The van der Waals surface area contributed by atoms with Crippen LogP contribution in [-0.2, 0) is 9.63 Å². The third-order valence-electron chi connectivity index (χ3n) is 4.06. The van der Waals surface area contributed by atoms with E-state index in [2.05, 4.69) is 5.32 Å². The number of hydroxylamine groups is 2. The highest BCUT2D eigenvalue weighted by Crippen LogP contribution is 2.30. The van der Waals surface area contributed by atoms with Crippen molar-refractivity contribution in [3.8, 4) is 0 Å². The van der Waals surface area contributed by atoms with E-state index in [0.29, 0.717) is 5.92 Å². The Kier molecular flexibility index (Phi) is 4.28. The minimum absolute atomic E-state index is 0.117. The molecule has 0 spiro atoms. The summed E-state index contributed by atoms with van der Waals surface area (Å²) in [6, 6.07) is 0. The van der Waals surface area contributed by atoms with Gasteiger partial charge in [0.1, 0.15) is 0 Å². The first-order valence-corrected chi connectivity index (χ1v) is 7.15. The van der Waals surface area contributed by atoms with Crippen LogP contribution in [0, 0.1) is 17.3 Å². The molecule has 4 nitrogen and oxygen atoms in total. The largest absolute Gasteiger partial charge is 0.367 e. The Morgan fingerprint density at radius 1 is 1.17 bits per heavy atom. The Labute approximate surface area is 110 Å². The quantitative estimate of drug-likeness (QED) is 0.816. The molecule has 104 valence electrons. The number of carbonyl (C=O) groups excluding carboxylic acids is 1. The maximum Gasteiger partial charge on any atom is 0.330 e. The maximum absolute atomic E-state index is 11.8. The molecule has 0 aromatic rings. The van der Waals surface area contributed by atoms with Gasteiger partial charge in [0, 0.05) is 13.1 Å². The molecule has 2 aliphatic rings. The van der Waals surface area contributed by atoms with Crippen LogP contribution in [-0.4, -0.2) is 37.2 Å². The number of hydrogen-bond acceptors (Lipinski definition) is 4. The molecule has 2 fully saturated rings. The normalized spacial score (nSPS) is 27.4. The molecule has 0 aliphatic carbocycles. The summed E-state index contributed by atoms with van der Waals surface area (Å²) in [5, 5.41) is 5.28. The minimum atomic E-state index is -0.410. The molecule has 2 rings (SSSR count). The van der Waals surface area contributed by atoms with Crippen molar-refractivity contribution in [3.63, 3.8) is 0 Å². The molecule has 1 N–H and O–H groups in total. The molecule has 4 heteroatoms. The Balaban J connectivity index is 1.79. The molecule has 0 aromatic heterocycles. The molecule has 2 aliphatic heterocycles. The van der Waals surface area contributed by atoms with E-state index in [4.69, 9.17) is 4.84 Å². The second kappa shape index (κ2) is 5.57. The fraction of sp³-hybridized carbons (Fsp3) is 0.929. The van der Waals surface area contributed by atoms with E-state index in [0.717, 1.165) is 32.1 Å². The summed E-state index contributed by atoms with van der Waals surface area (Å²) in [4.78, 5) is 17.3. The molecular formula is C14H26N2O2. The van der Waals surface area contributed by atoms with Gasteiger partial charge in [-0.15, -0.1) is 5.06 Å². The van der Waals surface area contributed by atoms with Gasteiger partial charge < -0.3 is 10.2 Å². The van der Waals surface area contributed by atoms with Crippen LogP contribution >= 0.6 is 0 Å². The van der Waals surface area contributed by atoms with Gasteiger partial charge in [0.25, 0.3) is 0 Å². The topological polar surface area (TPSA) is 41.6 Å². The summed E-state index contributed by atoms with van der Waals surface area (Å²) in [5.74, 6) is 1.40.